The maximum atomic E-state index is 5.62. The molecule has 0 radical (unpaired) electrons. The topological polar surface area (TPSA) is 56.5 Å². The number of benzene rings is 1. The van der Waals surface area contributed by atoms with Crippen LogP contribution in [0.2, 0.25) is 0 Å². The molecule has 1 aromatic rings. The minimum Gasteiger partial charge on any atom is -0.496 e. The SMILES string of the molecule is NNC(CCOc1ccccc1)C1=CCCO1. The first-order valence-electron chi connectivity index (χ1n) is 5.87. The monoisotopic (exact) mass is 234 g/mol. The molecule has 0 aliphatic carbocycles. The lowest BCUT2D eigenvalue weighted by atomic mass is 10.2. The Hall–Kier alpha value is -1.52. The van der Waals surface area contributed by atoms with Crippen LogP contribution >= 0.6 is 0 Å². The van der Waals surface area contributed by atoms with Crippen molar-refractivity contribution in [3.8, 4) is 5.75 Å². The fourth-order valence-electron chi connectivity index (χ4n) is 1.80. The molecule has 4 nitrogen and oxygen atoms in total. The van der Waals surface area contributed by atoms with Crippen LogP contribution in [-0.4, -0.2) is 19.3 Å². The fourth-order valence-corrected chi connectivity index (χ4v) is 1.80. The van der Waals surface area contributed by atoms with E-state index in [1.54, 1.807) is 0 Å². The van der Waals surface area contributed by atoms with Crippen LogP contribution in [0.3, 0.4) is 0 Å². The first-order chi connectivity index (χ1) is 8.40. The normalized spacial score (nSPS) is 16.2. The number of hydrogen-bond donors (Lipinski definition) is 2. The van der Waals surface area contributed by atoms with Crippen molar-refractivity contribution >= 4 is 0 Å². The van der Waals surface area contributed by atoms with Gasteiger partial charge in [-0.25, -0.2) is 5.43 Å². The second-order valence-corrected chi connectivity index (χ2v) is 3.91. The van der Waals surface area contributed by atoms with E-state index in [2.05, 4.69) is 11.5 Å². The summed E-state index contributed by atoms with van der Waals surface area (Å²) in [6.07, 6.45) is 3.83. The average Bonchev–Trinajstić information content (AvgIpc) is 2.90. The van der Waals surface area contributed by atoms with Gasteiger partial charge in [-0.05, 0) is 18.2 Å². The van der Waals surface area contributed by atoms with Crippen LogP contribution in [0.4, 0.5) is 0 Å². The van der Waals surface area contributed by atoms with Crippen molar-refractivity contribution < 1.29 is 9.47 Å². The maximum Gasteiger partial charge on any atom is 0.119 e. The Kier molecular flexibility index (Phi) is 4.41. The Labute approximate surface area is 101 Å². The van der Waals surface area contributed by atoms with Gasteiger partial charge in [0.2, 0.25) is 0 Å². The van der Waals surface area contributed by atoms with Gasteiger partial charge in [0.05, 0.1) is 19.3 Å². The van der Waals surface area contributed by atoms with E-state index in [-0.39, 0.29) is 6.04 Å². The van der Waals surface area contributed by atoms with Crippen LogP contribution in [-0.2, 0) is 4.74 Å². The Morgan fingerprint density at radius 2 is 2.18 bits per heavy atom. The van der Waals surface area contributed by atoms with Crippen molar-refractivity contribution in [2.45, 2.75) is 18.9 Å². The molecule has 0 spiro atoms. The smallest absolute Gasteiger partial charge is 0.119 e. The average molecular weight is 234 g/mol. The minimum atomic E-state index is 0.0428. The zero-order chi connectivity index (χ0) is 11.9. The molecule has 17 heavy (non-hydrogen) atoms. The van der Waals surface area contributed by atoms with E-state index < -0.39 is 0 Å². The quantitative estimate of drug-likeness (QED) is 0.580. The molecule has 1 aromatic carbocycles. The van der Waals surface area contributed by atoms with E-state index in [4.69, 9.17) is 15.3 Å². The number of nitrogens with two attached hydrogens (primary N) is 1. The second-order valence-electron chi connectivity index (χ2n) is 3.91. The highest BCUT2D eigenvalue weighted by Gasteiger charge is 2.17. The van der Waals surface area contributed by atoms with Crippen LogP contribution in [0.5, 0.6) is 5.75 Å². The Balaban J connectivity index is 1.77. The van der Waals surface area contributed by atoms with Crippen molar-refractivity contribution in [2.75, 3.05) is 13.2 Å². The molecule has 92 valence electrons. The third-order valence-corrected chi connectivity index (χ3v) is 2.70. The number of hydrazine groups is 1. The molecular weight excluding hydrogens is 216 g/mol. The Morgan fingerprint density at radius 1 is 1.35 bits per heavy atom. The molecule has 1 aliphatic rings. The van der Waals surface area contributed by atoms with Gasteiger partial charge in [-0.3, -0.25) is 5.84 Å². The van der Waals surface area contributed by atoms with Gasteiger partial charge in [0.1, 0.15) is 11.5 Å². The fraction of sp³-hybridized carbons (Fsp3) is 0.385. The van der Waals surface area contributed by atoms with E-state index in [1.807, 2.05) is 30.3 Å². The molecule has 1 heterocycles. The largest absolute Gasteiger partial charge is 0.496 e. The molecule has 0 saturated carbocycles. The first kappa shape index (κ1) is 12.0. The number of rotatable bonds is 6. The third-order valence-electron chi connectivity index (χ3n) is 2.70. The van der Waals surface area contributed by atoms with Gasteiger partial charge >= 0.3 is 0 Å². The van der Waals surface area contributed by atoms with Crippen LogP contribution in [0, 0.1) is 0 Å². The summed E-state index contributed by atoms with van der Waals surface area (Å²) in [5.41, 5.74) is 2.76. The highest BCUT2D eigenvalue weighted by atomic mass is 16.5. The third kappa shape index (κ3) is 3.47. The maximum absolute atomic E-state index is 5.62. The van der Waals surface area contributed by atoms with Gasteiger partial charge in [-0.15, -0.1) is 0 Å². The van der Waals surface area contributed by atoms with E-state index in [0.717, 1.165) is 31.0 Å². The van der Waals surface area contributed by atoms with Gasteiger partial charge in [-0.1, -0.05) is 18.2 Å². The summed E-state index contributed by atoms with van der Waals surface area (Å²) in [5.74, 6) is 7.32. The molecule has 1 unspecified atom stereocenters. The van der Waals surface area contributed by atoms with Crippen molar-refractivity contribution in [1.82, 2.24) is 5.43 Å². The van der Waals surface area contributed by atoms with E-state index in [1.165, 1.54) is 0 Å². The summed E-state index contributed by atoms with van der Waals surface area (Å²) >= 11 is 0. The summed E-state index contributed by atoms with van der Waals surface area (Å²) < 4.78 is 11.1. The zero-order valence-corrected chi connectivity index (χ0v) is 9.76. The van der Waals surface area contributed by atoms with Gasteiger partial charge in [0.15, 0.2) is 0 Å². The van der Waals surface area contributed by atoms with Crippen molar-refractivity contribution in [3.05, 3.63) is 42.2 Å². The number of para-hydroxylation sites is 1. The van der Waals surface area contributed by atoms with Crippen LogP contribution in [0.15, 0.2) is 42.2 Å². The lowest BCUT2D eigenvalue weighted by Crippen LogP contribution is -2.38. The molecule has 1 atom stereocenters. The standard InChI is InChI=1S/C13H18N2O2/c14-15-12(13-7-4-9-17-13)8-10-16-11-5-2-1-3-6-11/h1-3,5-7,12,15H,4,8-10,14H2. The van der Waals surface area contributed by atoms with Gasteiger partial charge in [0.25, 0.3) is 0 Å². The molecule has 0 saturated heterocycles. The highest BCUT2D eigenvalue weighted by molar-refractivity contribution is 5.20. The van der Waals surface area contributed by atoms with Crippen molar-refractivity contribution in [1.29, 1.82) is 0 Å². The molecule has 0 bridgehead atoms. The van der Waals surface area contributed by atoms with Gasteiger partial charge in [-0.2, -0.15) is 0 Å². The molecule has 2 rings (SSSR count). The number of nitrogens with one attached hydrogen (secondary N) is 1. The van der Waals surface area contributed by atoms with E-state index >= 15 is 0 Å². The summed E-state index contributed by atoms with van der Waals surface area (Å²) in [6.45, 7) is 1.37. The molecule has 0 fully saturated rings. The van der Waals surface area contributed by atoms with E-state index in [0.29, 0.717) is 6.61 Å². The second kappa shape index (κ2) is 6.27. The molecule has 4 heteroatoms. The molecule has 0 amide bonds. The molecular formula is C13H18N2O2. The van der Waals surface area contributed by atoms with Crippen LogP contribution in [0.25, 0.3) is 0 Å². The molecule has 0 aromatic heterocycles. The number of ether oxygens (including phenoxy) is 2. The predicted octanol–water partition coefficient (Wildman–Crippen LogP) is 1.59. The minimum absolute atomic E-state index is 0.0428. The van der Waals surface area contributed by atoms with Crippen LogP contribution < -0.4 is 16.0 Å². The highest BCUT2D eigenvalue weighted by Crippen LogP contribution is 2.16. The summed E-state index contributed by atoms with van der Waals surface area (Å²) in [6, 6.07) is 9.80. The summed E-state index contributed by atoms with van der Waals surface area (Å²) in [5, 5.41) is 0. The van der Waals surface area contributed by atoms with Crippen molar-refractivity contribution in [3.63, 3.8) is 0 Å². The summed E-state index contributed by atoms with van der Waals surface area (Å²) in [4.78, 5) is 0. The first-order valence-corrected chi connectivity index (χ1v) is 5.87. The Morgan fingerprint density at radius 3 is 2.82 bits per heavy atom. The molecule has 3 N–H and O–H groups in total. The lowest BCUT2D eigenvalue weighted by Gasteiger charge is -2.17. The van der Waals surface area contributed by atoms with E-state index in [9.17, 15) is 0 Å². The van der Waals surface area contributed by atoms with Crippen LogP contribution in [0.1, 0.15) is 12.8 Å². The number of hydrogen-bond acceptors (Lipinski definition) is 4. The van der Waals surface area contributed by atoms with Gasteiger partial charge in [0, 0.05) is 12.8 Å². The van der Waals surface area contributed by atoms with Crippen molar-refractivity contribution in [2.24, 2.45) is 5.84 Å². The molecule has 1 aliphatic heterocycles. The summed E-state index contributed by atoms with van der Waals surface area (Å²) in [7, 11) is 0. The van der Waals surface area contributed by atoms with Gasteiger partial charge < -0.3 is 9.47 Å². The lowest BCUT2D eigenvalue weighted by molar-refractivity contribution is 0.199. The Bertz CT molecular complexity index is 365. The zero-order valence-electron chi connectivity index (χ0n) is 9.76. The predicted molar refractivity (Wildman–Crippen MR) is 66.3 cm³/mol.